The van der Waals surface area contributed by atoms with Crippen molar-refractivity contribution in [1.82, 2.24) is 10.3 Å². The zero-order chi connectivity index (χ0) is 13.9. The van der Waals surface area contributed by atoms with Crippen molar-refractivity contribution in [1.29, 1.82) is 0 Å². The normalized spacial score (nSPS) is 12.9. The molecule has 0 aromatic carbocycles. The van der Waals surface area contributed by atoms with E-state index in [1.165, 1.54) is 7.11 Å². The maximum Gasteiger partial charge on any atom is 0.328 e. The molecule has 1 rings (SSSR count). The third-order valence-corrected chi connectivity index (χ3v) is 2.93. The van der Waals surface area contributed by atoms with Crippen LogP contribution in [0.15, 0.2) is 16.7 Å². The van der Waals surface area contributed by atoms with Gasteiger partial charge in [-0.25, -0.2) is 4.79 Å². The highest BCUT2D eigenvalue weighted by Crippen LogP contribution is 2.21. The standard InChI is InChI=1S/C12H17BrN2O3/c1-12(2,3)9(11(17)18-4)15-10(16)8-5-7(13)6-14-8/h5-6,9,14H,1-4H3,(H,15,16)/t9-/m1/s1. The molecule has 0 saturated carbocycles. The van der Waals surface area contributed by atoms with Crippen molar-refractivity contribution in [3.05, 3.63) is 22.4 Å². The number of aromatic nitrogens is 1. The Balaban J connectivity index is 2.85. The van der Waals surface area contributed by atoms with Gasteiger partial charge >= 0.3 is 5.97 Å². The largest absolute Gasteiger partial charge is 0.467 e. The lowest BCUT2D eigenvalue weighted by Crippen LogP contribution is -2.49. The van der Waals surface area contributed by atoms with Crippen molar-refractivity contribution in [3.8, 4) is 0 Å². The fraction of sp³-hybridized carbons (Fsp3) is 0.500. The summed E-state index contributed by atoms with van der Waals surface area (Å²) in [4.78, 5) is 26.4. The van der Waals surface area contributed by atoms with E-state index in [1.807, 2.05) is 20.8 Å². The van der Waals surface area contributed by atoms with Gasteiger partial charge in [0.05, 0.1) is 7.11 Å². The second-order valence-corrected chi connectivity index (χ2v) is 5.94. The molecule has 0 fully saturated rings. The number of H-pyrrole nitrogens is 1. The van der Waals surface area contributed by atoms with Gasteiger partial charge in [0.1, 0.15) is 11.7 Å². The first kappa shape index (κ1) is 14.8. The Morgan fingerprint density at radius 2 is 2.06 bits per heavy atom. The number of carbonyl (C=O) groups excluding carboxylic acids is 2. The summed E-state index contributed by atoms with van der Waals surface area (Å²) in [6.45, 7) is 5.58. The third kappa shape index (κ3) is 3.60. The highest BCUT2D eigenvalue weighted by Gasteiger charge is 2.34. The molecule has 0 aliphatic heterocycles. The second kappa shape index (κ2) is 5.56. The van der Waals surface area contributed by atoms with Crippen molar-refractivity contribution in [3.63, 3.8) is 0 Å². The predicted molar refractivity (Wildman–Crippen MR) is 71.2 cm³/mol. The molecule has 0 unspecified atom stereocenters. The summed E-state index contributed by atoms with van der Waals surface area (Å²) in [6, 6.07) is 0.948. The van der Waals surface area contributed by atoms with E-state index in [-0.39, 0.29) is 5.91 Å². The number of hydrogen-bond acceptors (Lipinski definition) is 3. The molecular weight excluding hydrogens is 300 g/mol. The number of esters is 1. The van der Waals surface area contributed by atoms with Crippen molar-refractivity contribution in [2.45, 2.75) is 26.8 Å². The lowest BCUT2D eigenvalue weighted by atomic mass is 9.86. The second-order valence-electron chi connectivity index (χ2n) is 5.03. The first-order valence-corrected chi connectivity index (χ1v) is 6.27. The van der Waals surface area contributed by atoms with Crippen LogP contribution in [0, 0.1) is 5.41 Å². The SMILES string of the molecule is COC(=O)[C@@H](NC(=O)c1cc(Br)c[nH]1)C(C)(C)C. The van der Waals surface area contributed by atoms with Gasteiger partial charge in [0.15, 0.2) is 0 Å². The maximum absolute atomic E-state index is 12.0. The van der Waals surface area contributed by atoms with Crippen LogP contribution in [0.25, 0.3) is 0 Å². The molecular formula is C12H17BrN2O3. The average Bonchev–Trinajstić information content (AvgIpc) is 2.70. The lowest BCUT2D eigenvalue weighted by molar-refractivity contribution is -0.145. The molecule has 1 aromatic rings. The Morgan fingerprint density at radius 3 is 2.44 bits per heavy atom. The first-order chi connectivity index (χ1) is 8.25. The van der Waals surface area contributed by atoms with E-state index in [2.05, 4.69) is 26.2 Å². The number of aromatic amines is 1. The summed E-state index contributed by atoms with van der Waals surface area (Å²) in [6.07, 6.45) is 1.65. The van der Waals surface area contributed by atoms with Gasteiger partial charge in [-0.3, -0.25) is 4.79 Å². The Kier molecular flexibility index (Phi) is 4.56. The predicted octanol–water partition coefficient (Wildman–Crippen LogP) is 2.09. The molecule has 100 valence electrons. The van der Waals surface area contributed by atoms with Crippen molar-refractivity contribution in [2.75, 3.05) is 7.11 Å². The summed E-state index contributed by atoms with van der Waals surface area (Å²) in [5.74, 6) is -0.799. The number of rotatable bonds is 3. The molecule has 18 heavy (non-hydrogen) atoms. The van der Waals surface area contributed by atoms with Crippen LogP contribution in [0.1, 0.15) is 31.3 Å². The van der Waals surface area contributed by atoms with Crippen LogP contribution in [0.5, 0.6) is 0 Å². The smallest absolute Gasteiger partial charge is 0.328 e. The molecule has 0 radical (unpaired) electrons. The highest BCUT2D eigenvalue weighted by atomic mass is 79.9. The van der Waals surface area contributed by atoms with E-state index in [9.17, 15) is 9.59 Å². The molecule has 1 atom stereocenters. The maximum atomic E-state index is 12.0. The van der Waals surface area contributed by atoms with Gasteiger partial charge in [-0.15, -0.1) is 0 Å². The fourth-order valence-electron chi connectivity index (χ4n) is 1.45. The first-order valence-electron chi connectivity index (χ1n) is 5.48. The molecule has 0 bridgehead atoms. The number of halogens is 1. The average molecular weight is 317 g/mol. The lowest BCUT2D eigenvalue weighted by Gasteiger charge is -2.28. The molecule has 5 nitrogen and oxygen atoms in total. The van der Waals surface area contributed by atoms with Gasteiger partial charge < -0.3 is 15.0 Å². The van der Waals surface area contributed by atoms with Crippen LogP contribution in [-0.4, -0.2) is 30.0 Å². The van der Waals surface area contributed by atoms with Crippen LogP contribution in [0.2, 0.25) is 0 Å². The van der Waals surface area contributed by atoms with E-state index in [1.54, 1.807) is 12.3 Å². The molecule has 1 amide bonds. The zero-order valence-electron chi connectivity index (χ0n) is 10.8. The number of ether oxygens (including phenoxy) is 1. The van der Waals surface area contributed by atoms with E-state index < -0.39 is 17.4 Å². The monoisotopic (exact) mass is 316 g/mol. The van der Waals surface area contributed by atoms with Gasteiger partial charge in [0.25, 0.3) is 5.91 Å². The summed E-state index contributed by atoms with van der Waals surface area (Å²) in [7, 11) is 1.30. The highest BCUT2D eigenvalue weighted by molar-refractivity contribution is 9.10. The minimum Gasteiger partial charge on any atom is -0.467 e. The molecule has 0 aliphatic rings. The van der Waals surface area contributed by atoms with Crippen LogP contribution in [-0.2, 0) is 9.53 Å². The Bertz CT molecular complexity index is 448. The van der Waals surface area contributed by atoms with E-state index >= 15 is 0 Å². The minimum atomic E-state index is -0.697. The van der Waals surface area contributed by atoms with Crippen molar-refractivity contribution in [2.24, 2.45) is 5.41 Å². The molecule has 6 heteroatoms. The number of amides is 1. The van der Waals surface area contributed by atoms with Crippen LogP contribution in [0.4, 0.5) is 0 Å². The van der Waals surface area contributed by atoms with Crippen molar-refractivity contribution >= 4 is 27.8 Å². The van der Waals surface area contributed by atoms with Gasteiger partial charge in [-0.2, -0.15) is 0 Å². The number of hydrogen-bond donors (Lipinski definition) is 2. The zero-order valence-corrected chi connectivity index (χ0v) is 12.4. The molecule has 0 aliphatic carbocycles. The summed E-state index contributed by atoms with van der Waals surface area (Å²) >= 11 is 3.25. The summed E-state index contributed by atoms with van der Waals surface area (Å²) in [5.41, 5.74) is -0.0351. The molecule has 1 heterocycles. The topological polar surface area (TPSA) is 71.2 Å². The van der Waals surface area contributed by atoms with Gasteiger partial charge in [-0.1, -0.05) is 20.8 Å². The molecule has 1 aromatic heterocycles. The Morgan fingerprint density at radius 1 is 1.44 bits per heavy atom. The molecule has 0 spiro atoms. The van der Waals surface area contributed by atoms with E-state index in [0.717, 1.165) is 4.47 Å². The van der Waals surface area contributed by atoms with Crippen LogP contribution < -0.4 is 5.32 Å². The fourth-order valence-corrected chi connectivity index (χ4v) is 1.80. The van der Waals surface area contributed by atoms with Crippen LogP contribution in [0.3, 0.4) is 0 Å². The number of methoxy groups -OCH3 is 1. The molecule has 2 N–H and O–H groups in total. The third-order valence-electron chi connectivity index (χ3n) is 2.47. The quantitative estimate of drug-likeness (QED) is 0.839. The summed E-state index contributed by atoms with van der Waals surface area (Å²) in [5, 5.41) is 2.67. The number of carbonyl (C=O) groups is 2. The summed E-state index contributed by atoms with van der Waals surface area (Å²) < 4.78 is 5.48. The van der Waals surface area contributed by atoms with Crippen LogP contribution >= 0.6 is 15.9 Å². The Labute approximate surface area is 114 Å². The molecule has 0 saturated heterocycles. The Hall–Kier alpha value is -1.30. The van der Waals surface area contributed by atoms with E-state index in [4.69, 9.17) is 4.74 Å². The van der Waals surface area contributed by atoms with Gasteiger partial charge in [-0.05, 0) is 27.4 Å². The van der Waals surface area contributed by atoms with Crippen molar-refractivity contribution < 1.29 is 14.3 Å². The van der Waals surface area contributed by atoms with Gasteiger partial charge in [0.2, 0.25) is 0 Å². The van der Waals surface area contributed by atoms with Gasteiger partial charge in [0, 0.05) is 10.7 Å². The minimum absolute atomic E-state index is 0.342. The van der Waals surface area contributed by atoms with E-state index in [0.29, 0.717) is 5.69 Å². The number of nitrogens with one attached hydrogen (secondary N) is 2.